The van der Waals surface area contributed by atoms with Gasteiger partial charge in [0.15, 0.2) is 5.16 Å². The Morgan fingerprint density at radius 2 is 2.21 bits per heavy atom. The first-order valence-electron chi connectivity index (χ1n) is 7.80. The highest BCUT2D eigenvalue weighted by Gasteiger charge is 2.30. The van der Waals surface area contributed by atoms with Crippen LogP contribution in [-0.2, 0) is 11.2 Å². The summed E-state index contributed by atoms with van der Waals surface area (Å²) in [5.41, 5.74) is 4.01. The summed E-state index contributed by atoms with van der Waals surface area (Å²) >= 11 is 7.41. The highest BCUT2D eigenvalue weighted by molar-refractivity contribution is 7.99. The molecule has 3 aromatic rings. The number of carbonyl (C=O) groups excluding carboxylic acids is 1. The number of aromatic nitrogens is 2. The number of para-hydroxylation sites is 1. The van der Waals surface area contributed by atoms with Crippen molar-refractivity contribution in [1.82, 2.24) is 9.97 Å². The Morgan fingerprint density at radius 3 is 3.08 bits per heavy atom. The third-order valence-electron chi connectivity index (χ3n) is 4.23. The maximum Gasteiger partial charge on any atom is 0.237 e. The van der Waals surface area contributed by atoms with Gasteiger partial charge in [-0.1, -0.05) is 41.6 Å². The summed E-state index contributed by atoms with van der Waals surface area (Å²) in [7, 11) is 0. The maximum atomic E-state index is 12.7. The summed E-state index contributed by atoms with van der Waals surface area (Å²) in [6, 6.07) is 13.8. The smallest absolute Gasteiger partial charge is 0.237 e. The lowest BCUT2D eigenvalue weighted by Gasteiger charge is -2.22. The Morgan fingerprint density at radius 1 is 1.38 bits per heavy atom. The number of halogens is 1. The van der Waals surface area contributed by atoms with Gasteiger partial charge in [-0.05, 0) is 43.2 Å². The second-order valence-corrected chi connectivity index (χ2v) is 7.34. The summed E-state index contributed by atoms with van der Waals surface area (Å²) in [6.45, 7) is 2.09. The molecule has 0 aliphatic carbocycles. The number of thioether (sulfide) groups is 1. The van der Waals surface area contributed by atoms with Crippen molar-refractivity contribution in [2.45, 2.75) is 24.5 Å². The van der Waals surface area contributed by atoms with E-state index in [2.05, 4.69) is 23.0 Å². The monoisotopic (exact) mass is 357 g/mol. The largest absolute Gasteiger partial charge is 0.333 e. The predicted molar refractivity (Wildman–Crippen MR) is 98.9 cm³/mol. The normalized spacial score (nSPS) is 16.6. The van der Waals surface area contributed by atoms with Crippen LogP contribution in [0.5, 0.6) is 0 Å². The van der Waals surface area contributed by atoms with Crippen LogP contribution in [0.4, 0.5) is 5.69 Å². The lowest BCUT2D eigenvalue weighted by molar-refractivity contribution is -0.116. The van der Waals surface area contributed by atoms with E-state index in [9.17, 15) is 4.79 Å². The van der Waals surface area contributed by atoms with Gasteiger partial charge in [0.25, 0.3) is 0 Å². The molecule has 0 radical (unpaired) electrons. The van der Waals surface area contributed by atoms with Crippen LogP contribution in [0.1, 0.15) is 12.5 Å². The molecule has 0 spiro atoms. The quantitative estimate of drug-likeness (QED) is 0.711. The number of carbonyl (C=O) groups is 1. The minimum Gasteiger partial charge on any atom is -0.333 e. The summed E-state index contributed by atoms with van der Waals surface area (Å²) in [5, 5.41) is 1.40. The third kappa shape index (κ3) is 2.78. The zero-order valence-corrected chi connectivity index (χ0v) is 14.7. The third-order valence-corrected chi connectivity index (χ3v) is 5.32. The predicted octanol–water partition coefficient (Wildman–Crippen LogP) is 4.29. The Balaban J connectivity index is 1.50. The molecular formula is C18H16ClN3OS. The lowest BCUT2D eigenvalue weighted by atomic mass is 10.1. The van der Waals surface area contributed by atoms with E-state index in [0.29, 0.717) is 10.8 Å². The number of nitrogens with zero attached hydrogens (tertiary/aromatic N) is 2. The van der Waals surface area contributed by atoms with Gasteiger partial charge in [0.05, 0.1) is 16.8 Å². The molecule has 2 heterocycles. The number of hydrogen-bond acceptors (Lipinski definition) is 3. The van der Waals surface area contributed by atoms with Crippen LogP contribution < -0.4 is 4.90 Å². The summed E-state index contributed by atoms with van der Waals surface area (Å²) in [4.78, 5) is 22.3. The van der Waals surface area contributed by atoms with Gasteiger partial charge in [-0.25, -0.2) is 4.98 Å². The van der Waals surface area contributed by atoms with Crippen LogP contribution in [0.2, 0.25) is 5.02 Å². The van der Waals surface area contributed by atoms with Crippen LogP contribution >= 0.6 is 23.4 Å². The number of hydrogen-bond donors (Lipinski definition) is 1. The van der Waals surface area contributed by atoms with Crippen molar-refractivity contribution < 1.29 is 4.79 Å². The fraction of sp³-hybridized carbons (Fsp3) is 0.222. The first-order valence-corrected chi connectivity index (χ1v) is 9.16. The number of fused-ring (bicyclic) bond motifs is 2. The molecule has 4 rings (SSSR count). The summed E-state index contributed by atoms with van der Waals surface area (Å²) in [5.74, 6) is 0.461. The summed E-state index contributed by atoms with van der Waals surface area (Å²) < 4.78 is 0. The first-order chi connectivity index (χ1) is 11.6. The molecule has 1 atom stereocenters. The molecule has 1 N–H and O–H groups in total. The van der Waals surface area contributed by atoms with E-state index < -0.39 is 0 Å². The molecule has 4 nitrogen and oxygen atoms in total. The number of benzene rings is 2. The highest BCUT2D eigenvalue weighted by Crippen LogP contribution is 2.32. The van der Waals surface area contributed by atoms with Crippen molar-refractivity contribution in [3.8, 4) is 0 Å². The fourth-order valence-electron chi connectivity index (χ4n) is 3.17. The van der Waals surface area contributed by atoms with E-state index in [1.165, 1.54) is 17.3 Å². The number of imidazole rings is 1. The van der Waals surface area contributed by atoms with Gasteiger partial charge >= 0.3 is 0 Å². The molecule has 1 aliphatic heterocycles. The molecule has 122 valence electrons. The number of aromatic amines is 1. The second kappa shape index (κ2) is 6.15. The van der Waals surface area contributed by atoms with Gasteiger partial charge in [-0.2, -0.15) is 0 Å². The molecule has 1 aromatic heterocycles. The van der Waals surface area contributed by atoms with Crippen molar-refractivity contribution >= 4 is 46.0 Å². The SMILES string of the molecule is C[C@H]1Cc2ccccc2N1C(=O)CSc1nc2ccc(Cl)cc2[nH]1. The van der Waals surface area contributed by atoms with Crippen LogP contribution in [-0.4, -0.2) is 27.7 Å². The van der Waals surface area contributed by atoms with Gasteiger partial charge in [-0.15, -0.1) is 0 Å². The molecule has 0 saturated carbocycles. The van der Waals surface area contributed by atoms with Gasteiger partial charge in [0, 0.05) is 16.8 Å². The van der Waals surface area contributed by atoms with Crippen LogP contribution in [0.25, 0.3) is 11.0 Å². The number of H-pyrrole nitrogens is 1. The first kappa shape index (κ1) is 15.5. The second-order valence-electron chi connectivity index (χ2n) is 5.94. The Kier molecular flexibility index (Phi) is 3.98. The Bertz CT molecular complexity index is 924. The number of amides is 1. The van der Waals surface area contributed by atoms with Crippen molar-refractivity contribution in [3.05, 3.63) is 53.1 Å². The van der Waals surface area contributed by atoms with Crippen molar-refractivity contribution in [3.63, 3.8) is 0 Å². The van der Waals surface area contributed by atoms with Crippen LogP contribution in [0.3, 0.4) is 0 Å². The highest BCUT2D eigenvalue weighted by atomic mass is 35.5. The van der Waals surface area contributed by atoms with Crippen LogP contribution in [0.15, 0.2) is 47.6 Å². The van der Waals surface area contributed by atoms with Gasteiger partial charge in [0.1, 0.15) is 0 Å². The van der Waals surface area contributed by atoms with E-state index in [1.807, 2.05) is 41.3 Å². The van der Waals surface area contributed by atoms with Crippen molar-refractivity contribution in [1.29, 1.82) is 0 Å². The van der Waals surface area contributed by atoms with Crippen molar-refractivity contribution in [2.75, 3.05) is 10.7 Å². The van der Waals surface area contributed by atoms with Gasteiger partial charge < -0.3 is 9.88 Å². The molecule has 24 heavy (non-hydrogen) atoms. The van der Waals surface area contributed by atoms with Gasteiger partial charge in [-0.3, -0.25) is 4.79 Å². The number of rotatable bonds is 3. The molecule has 2 aromatic carbocycles. The van der Waals surface area contributed by atoms with Crippen LogP contribution in [0, 0.1) is 0 Å². The van der Waals surface area contributed by atoms with E-state index in [-0.39, 0.29) is 11.9 Å². The van der Waals surface area contributed by atoms with E-state index in [1.54, 1.807) is 0 Å². The molecule has 0 unspecified atom stereocenters. The van der Waals surface area contributed by atoms with E-state index in [0.717, 1.165) is 28.3 Å². The maximum absolute atomic E-state index is 12.7. The van der Waals surface area contributed by atoms with Gasteiger partial charge in [0.2, 0.25) is 5.91 Å². The average molecular weight is 358 g/mol. The molecule has 0 saturated heterocycles. The Hall–Kier alpha value is -1.98. The molecule has 1 aliphatic rings. The number of anilines is 1. The standard InChI is InChI=1S/C18H16ClN3OS/c1-11-8-12-4-2-3-5-16(12)22(11)17(23)10-24-18-20-14-7-6-13(19)9-15(14)21-18/h2-7,9,11H,8,10H2,1H3,(H,20,21)/t11-/m0/s1. The lowest BCUT2D eigenvalue weighted by Crippen LogP contribution is -2.36. The number of nitrogens with one attached hydrogen (secondary N) is 1. The summed E-state index contributed by atoms with van der Waals surface area (Å²) in [6.07, 6.45) is 0.912. The molecule has 1 amide bonds. The molecule has 0 fully saturated rings. The minimum atomic E-state index is 0.107. The Labute approximate surface area is 149 Å². The molecule has 6 heteroatoms. The molecular weight excluding hydrogens is 342 g/mol. The average Bonchev–Trinajstić information content (AvgIpc) is 3.11. The zero-order chi connectivity index (χ0) is 16.7. The topological polar surface area (TPSA) is 49.0 Å². The van der Waals surface area contributed by atoms with E-state index >= 15 is 0 Å². The fourth-order valence-corrected chi connectivity index (χ4v) is 4.09. The minimum absolute atomic E-state index is 0.107. The molecule has 0 bridgehead atoms. The zero-order valence-electron chi connectivity index (χ0n) is 13.1. The van der Waals surface area contributed by atoms with E-state index in [4.69, 9.17) is 11.6 Å². The van der Waals surface area contributed by atoms with Crippen molar-refractivity contribution in [2.24, 2.45) is 0 Å².